The summed E-state index contributed by atoms with van der Waals surface area (Å²) in [5.74, 6) is 1.51. The number of nitrogens with zero attached hydrogens (tertiary/aromatic N) is 2. The van der Waals surface area contributed by atoms with E-state index in [0.717, 1.165) is 31.1 Å². The van der Waals surface area contributed by atoms with Gasteiger partial charge in [-0.3, -0.25) is 0 Å². The predicted molar refractivity (Wildman–Crippen MR) is 80.1 cm³/mol. The second kappa shape index (κ2) is 6.86. The van der Waals surface area contributed by atoms with E-state index >= 15 is 0 Å². The highest BCUT2D eigenvalue weighted by Gasteiger charge is 2.20. The lowest BCUT2D eigenvalue weighted by Gasteiger charge is -2.19. The molecule has 0 radical (unpaired) electrons. The zero-order valence-electron chi connectivity index (χ0n) is 11.6. The summed E-state index contributed by atoms with van der Waals surface area (Å²) in [5, 5.41) is 7.53. The van der Waals surface area contributed by atoms with Gasteiger partial charge < -0.3 is 9.84 Å². The van der Waals surface area contributed by atoms with Crippen LogP contribution in [0.3, 0.4) is 0 Å². The molecule has 1 N–H and O–H groups in total. The Morgan fingerprint density at radius 2 is 2.15 bits per heavy atom. The molecule has 0 saturated carbocycles. The number of aryl methyl sites for hydroxylation is 1. The molecule has 3 rings (SSSR count). The number of hydrogen-bond acceptors (Lipinski definition) is 4. The maximum absolute atomic E-state index is 5.39. The summed E-state index contributed by atoms with van der Waals surface area (Å²) in [6.07, 6.45) is 4.29. The van der Waals surface area contributed by atoms with Gasteiger partial charge >= 0.3 is 0 Å². The lowest BCUT2D eigenvalue weighted by Crippen LogP contribution is -2.27. The summed E-state index contributed by atoms with van der Waals surface area (Å²) >= 11 is 0. The molecule has 0 amide bonds. The van der Waals surface area contributed by atoms with E-state index in [4.69, 9.17) is 4.52 Å². The Labute approximate surface area is 125 Å². The second-order valence-corrected chi connectivity index (χ2v) is 5.15. The summed E-state index contributed by atoms with van der Waals surface area (Å²) < 4.78 is 5.39. The maximum Gasteiger partial charge on any atom is 0.243 e. The zero-order chi connectivity index (χ0) is 13.1. The Hall–Kier alpha value is -1.39. The predicted octanol–water partition coefficient (Wildman–Crippen LogP) is 3.21. The van der Waals surface area contributed by atoms with Crippen LogP contribution in [0, 0.1) is 6.92 Å². The smallest absolute Gasteiger partial charge is 0.243 e. The quantitative estimate of drug-likeness (QED) is 0.944. The molecular formula is C15H20ClN3O. The van der Waals surface area contributed by atoms with E-state index < -0.39 is 0 Å². The molecule has 1 unspecified atom stereocenters. The topological polar surface area (TPSA) is 51.0 Å². The van der Waals surface area contributed by atoms with E-state index in [0.29, 0.717) is 0 Å². The van der Waals surface area contributed by atoms with Crippen LogP contribution in [-0.2, 0) is 6.42 Å². The van der Waals surface area contributed by atoms with Crippen LogP contribution in [0.1, 0.15) is 48.1 Å². The molecule has 1 saturated heterocycles. The molecule has 2 aromatic rings. The highest BCUT2D eigenvalue weighted by Crippen LogP contribution is 2.22. The molecule has 20 heavy (non-hydrogen) atoms. The van der Waals surface area contributed by atoms with Crippen LogP contribution < -0.4 is 5.32 Å². The minimum atomic E-state index is 0. The van der Waals surface area contributed by atoms with Gasteiger partial charge in [0, 0.05) is 6.42 Å². The molecule has 1 atom stereocenters. The Morgan fingerprint density at radius 1 is 1.30 bits per heavy atom. The fraction of sp³-hybridized carbons (Fsp3) is 0.467. The van der Waals surface area contributed by atoms with E-state index in [1.807, 2.05) is 12.1 Å². The van der Waals surface area contributed by atoms with Gasteiger partial charge in [0.25, 0.3) is 0 Å². The number of aromatic nitrogens is 2. The van der Waals surface area contributed by atoms with Crippen molar-refractivity contribution in [2.45, 2.75) is 38.6 Å². The molecule has 0 aliphatic carbocycles. The largest absolute Gasteiger partial charge is 0.338 e. The molecular weight excluding hydrogens is 274 g/mol. The van der Waals surface area contributed by atoms with E-state index in [-0.39, 0.29) is 18.4 Å². The fourth-order valence-corrected chi connectivity index (χ4v) is 2.52. The Kier molecular flexibility index (Phi) is 5.15. The first kappa shape index (κ1) is 15.0. The average molecular weight is 294 g/mol. The van der Waals surface area contributed by atoms with Crippen LogP contribution in [-0.4, -0.2) is 16.7 Å². The average Bonchev–Trinajstić information content (AvgIpc) is 2.91. The van der Waals surface area contributed by atoms with Crippen LogP contribution in [0.25, 0.3) is 0 Å². The number of benzene rings is 1. The van der Waals surface area contributed by atoms with Gasteiger partial charge in [-0.1, -0.05) is 35.8 Å². The number of halogens is 1. The fourth-order valence-electron chi connectivity index (χ4n) is 2.52. The van der Waals surface area contributed by atoms with Crippen molar-refractivity contribution in [3.8, 4) is 0 Å². The number of piperidine rings is 1. The highest BCUT2D eigenvalue weighted by atomic mass is 35.5. The summed E-state index contributed by atoms with van der Waals surface area (Å²) in [6.45, 7) is 3.15. The Bertz CT molecular complexity index is 550. The van der Waals surface area contributed by atoms with E-state index in [2.05, 4.69) is 34.5 Å². The van der Waals surface area contributed by atoms with Gasteiger partial charge in [0.2, 0.25) is 5.89 Å². The number of rotatable bonds is 3. The molecule has 1 fully saturated rings. The van der Waals surface area contributed by atoms with Crippen molar-refractivity contribution in [1.29, 1.82) is 0 Å². The van der Waals surface area contributed by atoms with Gasteiger partial charge in [-0.25, -0.2) is 0 Å². The van der Waals surface area contributed by atoms with E-state index in [1.54, 1.807) is 0 Å². The minimum Gasteiger partial charge on any atom is -0.338 e. The van der Waals surface area contributed by atoms with Crippen LogP contribution >= 0.6 is 12.4 Å². The summed E-state index contributed by atoms with van der Waals surface area (Å²) in [7, 11) is 0. The maximum atomic E-state index is 5.39. The molecule has 5 heteroatoms. The van der Waals surface area contributed by atoms with Gasteiger partial charge in [0.05, 0.1) is 6.04 Å². The highest BCUT2D eigenvalue weighted by molar-refractivity contribution is 5.85. The van der Waals surface area contributed by atoms with Crippen molar-refractivity contribution < 1.29 is 4.52 Å². The Morgan fingerprint density at radius 3 is 2.90 bits per heavy atom. The molecule has 1 aromatic carbocycles. The SMILES string of the molecule is Cc1ccccc1Cc1noc(C2CCCCN2)n1.Cl. The van der Waals surface area contributed by atoms with Crippen LogP contribution in [0.5, 0.6) is 0 Å². The third-order valence-corrected chi connectivity index (χ3v) is 3.70. The van der Waals surface area contributed by atoms with E-state index in [1.165, 1.54) is 24.0 Å². The Balaban J connectivity index is 0.00000147. The monoisotopic (exact) mass is 293 g/mol. The van der Waals surface area contributed by atoms with Crippen LogP contribution in [0.4, 0.5) is 0 Å². The van der Waals surface area contributed by atoms with Crippen molar-refractivity contribution in [3.63, 3.8) is 0 Å². The van der Waals surface area contributed by atoms with Crippen LogP contribution in [0.15, 0.2) is 28.8 Å². The van der Waals surface area contributed by atoms with Crippen molar-refractivity contribution in [1.82, 2.24) is 15.5 Å². The number of hydrogen-bond donors (Lipinski definition) is 1. The summed E-state index contributed by atoms with van der Waals surface area (Å²) in [4.78, 5) is 4.53. The molecule has 0 bridgehead atoms. The first-order chi connectivity index (χ1) is 9.33. The second-order valence-electron chi connectivity index (χ2n) is 5.15. The molecule has 1 aliphatic heterocycles. The third kappa shape index (κ3) is 3.38. The normalized spacial score (nSPS) is 18.6. The van der Waals surface area contributed by atoms with Crippen molar-refractivity contribution in [2.24, 2.45) is 0 Å². The standard InChI is InChI=1S/C15H19N3O.ClH/c1-11-6-2-3-7-12(11)10-14-17-15(19-18-14)13-8-4-5-9-16-13;/h2-3,6-7,13,16H,4-5,8-10H2,1H3;1H. The summed E-state index contributed by atoms with van der Waals surface area (Å²) in [5.41, 5.74) is 2.52. The van der Waals surface area contributed by atoms with Crippen LogP contribution in [0.2, 0.25) is 0 Å². The molecule has 1 aliphatic rings. The first-order valence-electron chi connectivity index (χ1n) is 6.93. The van der Waals surface area contributed by atoms with Crippen molar-refractivity contribution in [2.75, 3.05) is 6.54 Å². The van der Waals surface area contributed by atoms with Gasteiger partial charge in [-0.05, 0) is 37.4 Å². The van der Waals surface area contributed by atoms with Gasteiger partial charge in [-0.2, -0.15) is 4.98 Å². The minimum absolute atomic E-state index is 0. The lowest BCUT2D eigenvalue weighted by molar-refractivity contribution is 0.296. The van der Waals surface area contributed by atoms with Gasteiger partial charge in [-0.15, -0.1) is 12.4 Å². The van der Waals surface area contributed by atoms with Crippen molar-refractivity contribution >= 4 is 12.4 Å². The molecule has 2 heterocycles. The summed E-state index contributed by atoms with van der Waals surface area (Å²) in [6, 6.07) is 8.56. The molecule has 108 valence electrons. The van der Waals surface area contributed by atoms with Gasteiger partial charge in [0.1, 0.15) is 0 Å². The number of nitrogens with one attached hydrogen (secondary N) is 1. The lowest BCUT2D eigenvalue weighted by atomic mass is 10.0. The van der Waals surface area contributed by atoms with Gasteiger partial charge in [0.15, 0.2) is 5.82 Å². The van der Waals surface area contributed by atoms with E-state index in [9.17, 15) is 0 Å². The first-order valence-corrected chi connectivity index (χ1v) is 6.93. The third-order valence-electron chi connectivity index (χ3n) is 3.70. The molecule has 1 aromatic heterocycles. The zero-order valence-corrected chi connectivity index (χ0v) is 12.4. The molecule has 4 nitrogen and oxygen atoms in total. The molecule has 0 spiro atoms. The van der Waals surface area contributed by atoms with Crippen molar-refractivity contribution in [3.05, 3.63) is 47.1 Å².